The quantitative estimate of drug-likeness (QED) is 0.559. The third kappa shape index (κ3) is 3.74. The molecule has 3 aliphatic rings. The molecule has 6 rings (SSSR count). The van der Waals surface area contributed by atoms with Crippen molar-refractivity contribution in [1.82, 2.24) is 29.7 Å². The van der Waals surface area contributed by atoms with Crippen LogP contribution in [0.1, 0.15) is 78.6 Å². The van der Waals surface area contributed by atoms with Gasteiger partial charge in [-0.2, -0.15) is 10.4 Å². The molecule has 0 aromatic carbocycles. The Kier molecular flexibility index (Phi) is 4.83. The first-order valence-corrected chi connectivity index (χ1v) is 11.6. The second-order valence-corrected chi connectivity index (χ2v) is 9.29. The molecule has 0 radical (unpaired) electrons. The van der Waals surface area contributed by atoms with Gasteiger partial charge in [-0.1, -0.05) is 0 Å². The van der Waals surface area contributed by atoms with Crippen LogP contribution >= 0.6 is 0 Å². The van der Waals surface area contributed by atoms with E-state index in [9.17, 15) is 5.26 Å². The summed E-state index contributed by atoms with van der Waals surface area (Å²) in [5, 5.41) is 13.9. The van der Waals surface area contributed by atoms with Crippen molar-refractivity contribution in [2.75, 3.05) is 6.61 Å². The first-order valence-electron chi connectivity index (χ1n) is 11.6. The van der Waals surface area contributed by atoms with Gasteiger partial charge >= 0.3 is 0 Å². The van der Waals surface area contributed by atoms with E-state index in [0.29, 0.717) is 30.2 Å². The molecule has 1 saturated carbocycles. The van der Waals surface area contributed by atoms with Crippen LogP contribution in [0.3, 0.4) is 0 Å². The van der Waals surface area contributed by atoms with Crippen LogP contribution < -0.4 is 0 Å². The lowest BCUT2D eigenvalue weighted by Crippen LogP contribution is -2.21. The van der Waals surface area contributed by atoms with Crippen molar-refractivity contribution < 1.29 is 4.74 Å². The van der Waals surface area contributed by atoms with Crippen LogP contribution in [0.5, 0.6) is 0 Å². The smallest absolute Gasteiger partial charge is 0.182 e. The minimum atomic E-state index is -0.177. The minimum absolute atomic E-state index is 0.0154. The summed E-state index contributed by atoms with van der Waals surface area (Å²) in [5.74, 6) is 0.744. The molecule has 3 aromatic heterocycles. The number of aromatic nitrogens is 6. The summed E-state index contributed by atoms with van der Waals surface area (Å²) < 4.78 is 8.18. The lowest BCUT2D eigenvalue weighted by atomic mass is 9.92. The van der Waals surface area contributed by atoms with E-state index in [0.717, 1.165) is 46.9 Å². The number of nitrogens with zero attached hydrogens (tertiary/aromatic N) is 7. The van der Waals surface area contributed by atoms with Crippen molar-refractivity contribution >= 4 is 16.7 Å². The lowest BCUT2D eigenvalue weighted by Gasteiger charge is -2.28. The topological polar surface area (TPSA) is 102 Å². The molecule has 0 bridgehead atoms. The highest BCUT2D eigenvalue weighted by Crippen LogP contribution is 2.40. The van der Waals surface area contributed by atoms with Crippen molar-refractivity contribution in [3.8, 4) is 6.07 Å². The maximum absolute atomic E-state index is 9.34. The highest BCUT2D eigenvalue weighted by atomic mass is 16.5. The zero-order chi connectivity index (χ0) is 22.5. The largest absolute Gasteiger partial charge is 0.373 e. The van der Waals surface area contributed by atoms with Gasteiger partial charge in [0.25, 0.3) is 0 Å². The fraction of sp³-hybridized carbons (Fsp3) is 0.480. The molecule has 4 heterocycles. The Balaban J connectivity index is 1.37. The number of nitriles is 1. The number of rotatable bonds is 4. The van der Waals surface area contributed by atoms with Gasteiger partial charge in [0.15, 0.2) is 5.65 Å². The first kappa shape index (κ1) is 20.2. The number of hydrogen-bond donors (Lipinski definition) is 0. The van der Waals surface area contributed by atoms with Crippen LogP contribution in [0.15, 0.2) is 24.2 Å². The number of aryl methyl sites for hydroxylation is 2. The van der Waals surface area contributed by atoms with Gasteiger partial charge < -0.3 is 4.74 Å². The van der Waals surface area contributed by atoms with E-state index in [1.165, 1.54) is 12.8 Å². The molecule has 0 amide bonds. The molecule has 0 N–H and O–H groups in total. The van der Waals surface area contributed by atoms with Crippen LogP contribution in [-0.2, 0) is 4.74 Å². The molecule has 2 unspecified atom stereocenters. The molecule has 0 spiro atoms. The summed E-state index contributed by atoms with van der Waals surface area (Å²) in [4.78, 5) is 19.4. The van der Waals surface area contributed by atoms with Crippen molar-refractivity contribution in [1.29, 1.82) is 5.26 Å². The molecule has 166 valence electrons. The summed E-state index contributed by atoms with van der Waals surface area (Å²) in [7, 11) is 0. The Hall–Kier alpha value is -3.40. The number of ether oxygens (including phenoxy) is 1. The van der Waals surface area contributed by atoms with E-state index in [1.807, 2.05) is 26.1 Å². The maximum Gasteiger partial charge on any atom is 0.182 e. The summed E-state index contributed by atoms with van der Waals surface area (Å²) >= 11 is 0. The zero-order valence-electron chi connectivity index (χ0n) is 18.8. The predicted octanol–water partition coefficient (Wildman–Crippen LogP) is 4.29. The molecule has 2 fully saturated rings. The SMILES string of the molecule is Cc1nc2nc(C3CCOC(c4cnn(C5CC5)c4)C3)nc(C3=C=C[C@H](C#N)C3)c2nc1C. The van der Waals surface area contributed by atoms with Crippen LogP contribution in [0.2, 0.25) is 0 Å². The zero-order valence-corrected chi connectivity index (χ0v) is 18.8. The number of fused-ring (bicyclic) bond motifs is 1. The number of hydrogen-bond acceptors (Lipinski definition) is 7. The Morgan fingerprint density at radius 2 is 1.97 bits per heavy atom. The maximum atomic E-state index is 9.34. The van der Waals surface area contributed by atoms with Gasteiger partial charge in [-0.05, 0) is 45.6 Å². The first-order chi connectivity index (χ1) is 16.1. The van der Waals surface area contributed by atoms with E-state index in [-0.39, 0.29) is 17.9 Å². The molecule has 33 heavy (non-hydrogen) atoms. The Labute approximate surface area is 192 Å². The van der Waals surface area contributed by atoms with Gasteiger partial charge in [0.2, 0.25) is 0 Å². The second kappa shape index (κ2) is 7.87. The average molecular weight is 440 g/mol. The predicted molar refractivity (Wildman–Crippen MR) is 121 cm³/mol. The third-order valence-corrected chi connectivity index (χ3v) is 6.86. The van der Waals surface area contributed by atoms with Gasteiger partial charge in [-0.15, -0.1) is 5.73 Å². The van der Waals surface area contributed by atoms with E-state index < -0.39 is 0 Å². The lowest BCUT2D eigenvalue weighted by molar-refractivity contribution is 0.00394. The fourth-order valence-electron chi connectivity index (χ4n) is 4.63. The summed E-state index contributed by atoms with van der Waals surface area (Å²) in [5.41, 5.74) is 9.06. The van der Waals surface area contributed by atoms with E-state index >= 15 is 0 Å². The van der Waals surface area contributed by atoms with Crippen LogP contribution in [0.4, 0.5) is 0 Å². The van der Waals surface area contributed by atoms with Gasteiger partial charge in [0.1, 0.15) is 17.0 Å². The van der Waals surface area contributed by atoms with Crippen molar-refractivity contribution in [3.63, 3.8) is 0 Å². The van der Waals surface area contributed by atoms with Crippen molar-refractivity contribution in [3.05, 3.63) is 52.7 Å². The van der Waals surface area contributed by atoms with Crippen LogP contribution in [-0.4, -0.2) is 36.3 Å². The molecular formula is C25H25N7O. The van der Waals surface area contributed by atoms with Crippen molar-refractivity contribution in [2.45, 2.75) is 64.0 Å². The Bertz CT molecular complexity index is 1360. The Morgan fingerprint density at radius 1 is 1.12 bits per heavy atom. The Morgan fingerprint density at radius 3 is 2.76 bits per heavy atom. The molecule has 3 atom stereocenters. The second-order valence-electron chi connectivity index (χ2n) is 9.29. The summed E-state index contributed by atoms with van der Waals surface area (Å²) in [6.45, 7) is 4.55. The molecule has 1 saturated heterocycles. The summed E-state index contributed by atoms with van der Waals surface area (Å²) in [6.07, 6.45) is 10.5. The molecule has 1 aliphatic heterocycles. The molecule has 2 aliphatic carbocycles. The van der Waals surface area contributed by atoms with E-state index in [1.54, 1.807) is 0 Å². The number of allylic oxidation sites excluding steroid dienone is 1. The van der Waals surface area contributed by atoms with Crippen LogP contribution in [0, 0.1) is 31.1 Å². The normalized spacial score (nSPS) is 24.8. The van der Waals surface area contributed by atoms with Crippen LogP contribution in [0.25, 0.3) is 16.7 Å². The van der Waals surface area contributed by atoms with Gasteiger partial charge in [0, 0.05) is 36.3 Å². The molecule has 8 heteroatoms. The van der Waals surface area contributed by atoms with Gasteiger partial charge in [-0.25, -0.2) is 19.9 Å². The van der Waals surface area contributed by atoms with E-state index in [2.05, 4.69) is 27.8 Å². The molecule has 3 aromatic rings. The molecule has 8 nitrogen and oxygen atoms in total. The standard InChI is InChI=1S/C25H25N7O/c1-14-15(2)29-25-23(28-14)22(17-4-3-16(9-17)11-26)30-24(31-25)18-7-8-33-21(10-18)19-12-27-32(13-19)20-5-6-20/h3,12-13,16,18,20-21H,5-10H2,1-2H3/t16-,18?,21?/m0/s1. The van der Waals surface area contributed by atoms with Gasteiger partial charge in [0.05, 0.1) is 41.7 Å². The highest BCUT2D eigenvalue weighted by molar-refractivity contribution is 5.85. The minimum Gasteiger partial charge on any atom is -0.373 e. The monoisotopic (exact) mass is 439 g/mol. The van der Waals surface area contributed by atoms with E-state index in [4.69, 9.17) is 24.7 Å². The third-order valence-electron chi connectivity index (χ3n) is 6.86. The average Bonchev–Trinajstić information content (AvgIpc) is 3.36. The van der Waals surface area contributed by atoms with Crippen molar-refractivity contribution in [2.24, 2.45) is 5.92 Å². The highest BCUT2D eigenvalue weighted by Gasteiger charge is 2.31. The molecular weight excluding hydrogens is 414 g/mol. The van der Waals surface area contributed by atoms with Gasteiger partial charge in [-0.3, -0.25) is 4.68 Å². The fourth-order valence-corrected chi connectivity index (χ4v) is 4.63. The summed E-state index contributed by atoms with van der Waals surface area (Å²) in [6, 6.07) is 2.86.